The number of anilines is 1. The molecule has 2 aromatic rings. The van der Waals surface area contributed by atoms with Crippen LogP contribution in [0.25, 0.3) is 0 Å². The Kier molecular flexibility index (Phi) is 7.15. The van der Waals surface area contributed by atoms with E-state index in [-0.39, 0.29) is 5.41 Å². The van der Waals surface area contributed by atoms with Gasteiger partial charge in [-0.2, -0.15) is 0 Å². The molecule has 1 aliphatic heterocycles. The van der Waals surface area contributed by atoms with Crippen LogP contribution in [0.15, 0.2) is 48.7 Å². The van der Waals surface area contributed by atoms with Crippen molar-refractivity contribution >= 4 is 17.4 Å². The number of aromatic nitrogens is 1. The molecule has 4 nitrogen and oxygen atoms in total. The number of unbranched alkanes of at least 4 members (excludes halogenated alkanes) is 1. The highest BCUT2D eigenvalue weighted by Crippen LogP contribution is 2.36. The summed E-state index contributed by atoms with van der Waals surface area (Å²) in [4.78, 5) is 4.38. The van der Waals surface area contributed by atoms with Crippen LogP contribution in [0, 0.1) is 0 Å². The van der Waals surface area contributed by atoms with Gasteiger partial charge in [-0.05, 0) is 55.5 Å². The van der Waals surface area contributed by atoms with Crippen molar-refractivity contribution in [3.8, 4) is 5.75 Å². The van der Waals surface area contributed by atoms with Crippen LogP contribution in [-0.2, 0) is 10.2 Å². The van der Waals surface area contributed by atoms with Crippen LogP contribution in [0.2, 0.25) is 0 Å². The Balaban J connectivity index is 1.66. The molecule has 0 bridgehead atoms. The molecule has 1 aliphatic rings. The lowest BCUT2D eigenvalue weighted by Gasteiger charge is -2.38. The van der Waals surface area contributed by atoms with E-state index in [1.54, 1.807) is 0 Å². The molecule has 1 N–H and O–H groups in total. The summed E-state index contributed by atoms with van der Waals surface area (Å²) in [5, 5.41) is 3.51. The fraction of sp³-hybridized carbons (Fsp3) is 0.476. The third-order valence-electron chi connectivity index (χ3n) is 4.99. The smallest absolute Gasteiger partial charge is 0.125 e. The molecule has 0 spiro atoms. The Morgan fingerprint density at radius 2 is 1.88 bits per heavy atom. The SMILES string of the molecule is ClCCCCOc1ccc(C2(CNc3ccccn3)CCOCC2)cc1. The Morgan fingerprint density at radius 1 is 1.08 bits per heavy atom. The van der Waals surface area contributed by atoms with E-state index in [0.717, 1.165) is 57.0 Å². The standard InChI is InChI=1S/C21H27ClN2O2/c22-12-2-4-14-26-19-8-6-18(7-9-19)21(10-15-25-16-11-21)17-24-20-5-1-3-13-23-20/h1,3,5-9,13H,2,4,10-12,14-17H2,(H,23,24). The first-order chi connectivity index (χ1) is 12.8. The molecule has 0 amide bonds. The maximum absolute atomic E-state index is 5.80. The van der Waals surface area contributed by atoms with Crippen molar-refractivity contribution in [3.63, 3.8) is 0 Å². The van der Waals surface area contributed by atoms with Crippen molar-refractivity contribution in [1.82, 2.24) is 4.98 Å². The average molecular weight is 375 g/mol. The van der Waals surface area contributed by atoms with Crippen LogP contribution < -0.4 is 10.1 Å². The van der Waals surface area contributed by atoms with Crippen LogP contribution in [0.5, 0.6) is 5.75 Å². The van der Waals surface area contributed by atoms with Gasteiger partial charge < -0.3 is 14.8 Å². The number of hydrogen-bond acceptors (Lipinski definition) is 4. The zero-order valence-electron chi connectivity index (χ0n) is 15.1. The van der Waals surface area contributed by atoms with Gasteiger partial charge in [-0.1, -0.05) is 18.2 Å². The zero-order chi connectivity index (χ0) is 18.1. The second kappa shape index (κ2) is 9.79. The Labute approximate surface area is 160 Å². The van der Waals surface area contributed by atoms with E-state index in [4.69, 9.17) is 21.1 Å². The molecule has 0 radical (unpaired) electrons. The predicted molar refractivity (Wildman–Crippen MR) is 106 cm³/mol. The van der Waals surface area contributed by atoms with Gasteiger partial charge >= 0.3 is 0 Å². The number of nitrogens with zero attached hydrogens (tertiary/aromatic N) is 1. The van der Waals surface area contributed by atoms with Crippen LogP contribution in [0.3, 0.4) is 0 Å². The second-order valence-corrected chi connectivity index (χ2v) is 7.11. The van der Waals surface area contributed by atoms with Gasteiger partial charge in [-0.3, -0.25) is 0 Å². The van der Waals surface area contributed by atoms with Crippen LogP contribution >= 0.6 is 11.6 Å². The minimum Gasteiger partial charge on any atom is -0.494 e. The van der Waals surface area contributed by atoms with E-state index in [1.165, 1.54) is 5.56 Å². The second-order valence-electron chi connectivity index (χ2n) is 6.73. The third kappa shape index (κ3) is 5.12. The highest BCUT2D eigenvalue weighted by atomic mass is 35.5. The van der Waals surface area contributed by atoms with Gasteiger partial charge in [0, 0.05) is 37.3 Å². The number of pyridine rings is 1. The van der Waals surface area contributed by atoms with Crippen molar-refractivity contribution in [2.24, 2.45) is 0 Å². The first-order valence-corrected chi connectivity index (χ1v) is 9.88. The fourth-order valence-corrected chi connectivity index (χ4v) is 3.54. The molecule has 2 heterocycles. The molecule has 1 fully saturated rings. The summed E-state index contributed by atoms with van der Waals surface area (Å²) in [6.07, 6.45) is 5.79. The lowest BCUT2D eigenvalue weighted by molar-refractivity contribution is 0.0543. The van der Waals surface area contributed by atoms with Crippen molar-refractivity contribution in [2.45, 2.75) is 31.1 Å². The lowest BCUT2D eigenvalue weighted by atomic mass is 9.74. The van der Waals surface area contributed by atoms with E-state index in [2.05, 4.69) is 34.6 Å². The number of benzene rings is 1. The van der Waals surface area contributed by atoms with E-state index in [9.17, 15) is 0 Å². The number of rotatable bonds is 9. The largest absolute Gasteiger partial charge is 0.494 e. The van der Waals surface area contributed by atoms with Gasteiger partial charge in [-0.25, -0.2) is 4.98 Å². The van der Waals surface area contributed by atoms with Crippen molar-refractivity contribution in [1.29, 1.82) is 0 Å². The van der Waals surface area contributed by atoms with Crippen molar-refractivity contribution in [2.75, 3.05) is 37.6 Å². The summed E-state index contributed by atoms with van der Waals surface area (Å²) in [5.74, 6) is 2.52. The summed E-state index contributed by atoms with van der Waals surface area (Å²) in [6.45, 7) is 3.15. The molecule has 0 atom stereocenters. The molecule has 0 aliphatic carbocycles. The minimum atomic E-state index is 0.0624. The highest BCUT2D eigenvalue weighted by Gasteiger charge is 2.34. The number of ether oxygens (including phenoxy) is 2. The molecule has 1 aromatic carbocycles. The third-order valence-corrected chi connectivity index (χ3v) is 5.25. The van der Waals surface area contributed by atoms with E-state index in [1.807, 2.05) is 24.4 Å². The molecule has 3 rings (SSSR count). The van der Waals surface area contributed by atoms with Crippen molar-refractivity contribution < 1.29 is 9.47 Å². The van der Waals surface area contributed by atoms with Gasteiger partial charge in [0.15, 0.2) is 0 Å². The summed E-state index contributed by atoms with van der Waals surface area (Å²) in [6, 6.07) is 14.5. The zero-order valence-corrected chi connectivity index (χ0v) is 15.9. The summed E-state index contributed by atoms with van der Waals surface area (Å²) < 4.78 is 11.4. The topological polar surface area (TPSA) is 43.4 Å². The van der Waals surface area contributed by atoms with E-state index >= 15 is 0 Å². The summed E-state index contributed by atoms with van der Waals surface area (Å²) >= 11 is 5.70. The van der Waals surface area contributed by atoms with Crippen LogP contribution in [-0.4, -0.2) is 37.2 Å². The van der Waals surface area contributed by atoms with Gasteiger partial charge in [0.2, 0.25) is 0 Å². The first kappa shape index (κ1) is 19.0. The van der Waals surface area contributed by atoms with Gasteiger partial charge in [-0.15, -0.1) is 11.6 Å². The Bertz CT molecular complexity index is 643. The Hall–Kier alpha value is -1.78. The minimum absolute atomic E-state index is 0.0624. The Morgan fingerprint density at radius 3 is 2.58 bits per heavy atom. The molecule has 140 valence electrons. The number of halogens is 1. The number of nitrogens with one attached hydrogen (secondary N) is 1. The molecule has 1 aromatic heterocycles. The van der Waals surface area contributed by atoms with E-state index < -0.39 is 0 Å². The monoisotopic (exact) mass is 374 g/mol. The van der Waals surface area contributed by atoms with E-state index in [0.29, 0.717) is 12.5 Å². The van der Waals surface area contributed by atoms with Crippen LogP contribution in [0.4, 0.5) is 5.82 Å². The lowest BCUT2D eigenvalue weighted by Crippen LogP contribution is -2.40. The highest BCUT2D eigenvalue weighted by molar-refractivity contribution is 6.17. The normalized spacial score (nSPS) is 16.2. The average Bonchev–Trinajstić information content (AvgIpc) is 2.72. The van der Waals surface area contributed by atoms with Crippen LogP contribution in [0.1, 0.15) is 31.2 Å². The quantitative estimate of drug-likeness (QED) is 0.513. The van der Waals surface area contributed by atoms with Gasteiger partial charge in [0.05, 0.1) is 6.61 Å². The fourth-order valence-electron chi connectivity index (χ4n) is 3.35. The summed E-state index contributed by atoms with van der Waals surface area (Å²) in [7, 11) is 0. The molecule has 26 heavy (non-hydrogen) atoms. The number of hydrogen-bond donors (Lipinski definition) is 1. The molecular formula is C21H27ClN2O2. The maximum Gasteiger partial charge on any atom is 0.125 e. The molecule has 5 heteroatoms. The molecule has 0 unspecified atom stereocenters. The van der Waals surface area contributed by atoms with Gasteiger partial charge in [0.25, 0.3) is 0 Å². The maximum atomic E-state index is 5.80. The summed E-state index contributed by atoms with van der Waals surface area (Å²) in [5.41, 5.74) is 1.39. The van der Waals surface area contributed by atoms with Crippen molar-refractivity contribution in [3.05, 3.63) is 54.2 Å². The molecule has 1 saturated heterocycles. The molecular weight excluding hydrogens is 348 g/mol. The predicted octanol–water partition coefficient (Wildman–Crippen LogP) is 4.64. The van der Waals surface area contributed by atoms with Gasteiger partial charge in [0.1, 0.15) is 11.6 Å². The first-order valence-electron chi connectivity index (χ1n) is 9.34. The number of alkyl halides is 1. The molecule has 0 saturated carbocycles.